The first-order valence-corrected chi connectivity index (χ1v) is 11.9. The second kappa shape index (κ2) is 11.8. The van der Waals surface area contributed by atoms with E-state index in [1.165, 1.54) is 0 Å². The highest BCUT2D eigenvalue weighted by Crippen LogP contribution is 2.25. The summed E-state index contributed by atoms with van der Waals surface area (Å²) >= 11 is 0. The van der Waals surface area contributed by atoms with Crippen LogP contribution in [-0.4, -0.2) is 35.9 Å². The molecule has 0 aromatic heterocycles. The van der Waals surface area contributed by atoms with Crippen LogP contribution < -0.4 is 10.1 Å². The molecule has 0 spiro atoms. The molecule has 4 aromatic rings. The molecule has 1 atom stereocenters. The van der Waals surface area contributed by atoms with Crippen molar-refractivity contribution in [1.29, 1.82) is 0 Å². The third kappa shape index (κ3) is 6.27. The smallest absolute Gasteiger partial charge is 0.261 e. The number of carbonyl (C=O) groups excluding carboxylic acids is 2. The number of likely N-dealkylation sites (N-methyl/N-ethyl adjacent to an activating group) is 1. The zero-order valence-electron chi connectivity index (χ0n) is 19.9. The van der Waals surface area contributed by atoms with Crippen LogP contribution in [0, 0.1) is 0 Å². The molecule has 5 nitrogen and oxygen atoms in total. The van der Waals surface area contributed by atoms with E-state index < -0.39 is 6.04 Å². The van der Waals surface area contributed by atoms with Gasteiger partial charge in [-0.1, -0.05) is 97.1 Å². The number of amides is 2. The van der Waals surface area contributed by atoms with Crippen LogP contribution in [0.5, 0.6) is 5.75 Å². The van der Waals surface area contributed by atoms with Crippen molar-refractivity contribution in [1.82, 2.24) is 10.2 Å². The van der Waals surface area contributed by atoms with Crippen molar-refractivity contribution in [3.05, 3.63) is 114 Å². The van der Waals surface area contributed by atoms with Crippen molar-refractivity contribution in [2.45, 2.75) is 25.9 Å². The summed E-state index contributed by atoms with van der Waals surface area (Å²) in [6, 6.07) is 32.5. The van der Waals surface area contributed by atoms with Gasteiger partial charge in [0.05, 0.1) is 0 Å². The van der Waals surface area contributed by atoms with E-state index in [9.17, 15) is 9.59 Å². The Balaban J connectivity index is 1.61. The van der Waals surface area contributed by atoms with E-state index in [0.29, 0.717) is 25.3 Å². The number of nitrogens with one attached hydrogen (secondary N) is 1. The van der Waals surface area contributed by atoms with Crippen molar-refractivity contribution in [2.24, 2.45) is 0 Å². The zero-order chi connectivity index (χ0) is 24.5. The summed E-state index contributed by atoms with van der Waals surface area (Å²) in [7, 11) is 0. The fourth-order valence-electron chi connectivity index (χ4n) is 4.17. The van der Waals surface area contributed by atoms with Crippen molar-refractivity contribution in [2.75, 3.05) is 13.2 Å². The molecular formula is C30H30N2O3. The lowest BCUT2D eigenvalue weighted by molar-refractivity contribution is -0.142. The molecule has 0 saturated heterocycles. The molecule has 35 heavy (non-hydrogen) atoms. The predicted octanol–water partition coefficient (Wildman–Crippen LogP) is 4.99. The maximum absolute atomic E-state index is 13.6. The minimum Gasteiger partial charge on any atom is -0.483 e. The number of rotatable bonds is 10. The molecule has 0 radical (unpaired) electrons. The number of carbonyl (C=O) groups is 2. The molecule has 178 valence electrons. The van der Waals surface area contributed by atoms with Crippen LogP contribution in [-0.2, 0) is 22.6 Å². The van der Waals surface area contributed by atoms with Gasteiger partial charge in [-0.25, -0.2) is 0 Å². The summed E-state index contributed by atoms with van der Waals surface area (Å²) < 4.78 is 6.02. The average Bonchev–Trinajstić information content (AvgIpc) is 2.90. The molecular weight excluding hydrogens is 436 g/mol. The largest absolute Gasteiger partial charge is 0.483 e. The molecule has 4 rings (SSSR count). The molecule has 0 aliphatic rings. The summed E-state index contributed by atoms with van der Waals surface area (Å²) in [6.07, 6.45) is 0.416. The van der Waals surface area contributed by atoms with Crippen molar-refractivity contribution >= 4 is 22.6 Å². The maximum atomic E-state index is 13.6. The van der Waals surface area contributed by atoms with Crippen molar-refractivity contribution in [3.63, 3.8) is 0 Å². The Bertz CT molecular complexity index is 1250. The van der Waals surface area contributed by atoms with Gasteiger partial charge < -0.3 is 15.0 Å². The van der Waals surface area contributed by atoms with Gasteiger partial charge in [0, 0.05) is 24.9 Å². The highest BCUT2D eigenvalue weighted by atomic mass is 16.5. The number of hydrogen-bond acceptors (Lipinski definition) is 3. The van der Waals surface area contributed by atoms with E-state index in [0.717, 1.165) is 21.9 Å². The molecule has 0 heterocycles. The number of benzene rings is 4. The van der Waals surface area contributed by atoms with Crippen LogP contribution in [0.15, 0.2) is 103 Å². The lowest BCUT2D eigenvalue weighted by Gasteiger charge is -2.31. The quantitative estimate of drug-likeness (QED) is 0.358. The Morgan fingerprint density at radius 3 is 2.14 bits per heavy atom. The minimum absolute atomic E-state index is 0.161. The number of ether oxygens (including phenoxy) is 1. The molecule has 0 fully saturated rings. The third-order valence-corrected chi connectivity index (χ3v) is 5.92. The average molecular weight is 467 g/mol. The standard InChI is InChI=1S/C30H30N2O3/c1-2-31-30(34)27(20-23-12-5-3-6-13-23)32(21-24-14-7-4-8-15-24)29(33)22-35-28-19-11-17-25-16-9-10-18-26(25)28/h3-19,27H,2,20-22H2,1H3,(H,31,34). The monoisotopic (exact) mass is 466 g/mol. The fourth-order valence-corrected chi connectivity index (χ4v) is 4.17. The van der Waals surface area contributed by atoms with Gasteiger partial charge in [0.25, 0.3) is 5.91 Å². The molecule has 0 saturated carbocycles. The van der Waals surface area contributed by atoms with Crippen LogP contribution in [0.4, 0.5) is 0 Å². The summed E-state index contributed by atoms with van der Waals surface area (Å²) in [5.41, 5.74) is 1.94. The van der Waals surface area contributed by atoms with Gasteiger partial charge in [-0.2, -0.15) is 0 Å². The lowest BCUT2D eigenvalue weighted by Crippen LogP contribution is -2.51. The van der Waals surface area contributed by atoms with E-state index in [4.69, 9.17) is 4.74 Å². The van der Waals surface area contributed by atoms with Gasteiger partial charge in [0.2, 0.25) is 5.91 Å². The van der Waals surface area contributed by atoms with E-state index in [2.05, 4.69) is 5.32 Å². The number of hydrogen-bond donors (Lipinski definition) is 1. The third-order valence-electron chi connectivity index (χ3n) is 5.92. The highest BCUT2D eigenvalue weighted by molar-refractivity contribution is 5.90. The normalized spacial score (nSPS) is 11.6. The molecule has 2 amide bonds. The van der Waals surface area contributed by atoms with E-state index in [-0.39, 0.29) is 18.4 Å². The van der Waals surface area contributed by atoms with Crippen LogP contribution in [0.2, 0.25) is 0 Å². The zero-order valence-corrected chi connectivity index (χ0v) is 19.9. The summed E-state index contributed by atoms with van der Waals surface area (Å²) in [5, 5.41) is 4.90. The molecule has 0 aliphatic heterocycles. The second-order valence-corrected chi connectivity index (χ2v) is 8.37. The Hall–Kier alpha value is -4.12. The predicted molar refractivity (Wildman–Crippen MR) is 139 cm³/mol. The van der Waals surface area contributed by atoms with Gasteiger partial charge in [-0.3, -0.25) is 9.59 Å². The van der Waals surface area contributed by atoms with Crippen LogP contribution in [0.1, 0.15) is 18.1 Å². The SMILES string of the molecule is CCNC(=O)C(Cc1ccccc1)N(Cc1ccccc1)C(=O)COc1cccc2ccccc12. The Morgan fingerprint density at radius 1 is 0.800 bits per heavy atom. The molecule has 0 bridgehead atoms. The first-order chi connectivity index (χ1) is 17.2. The second-order valence-electron chi connectivity index (χ2n) is 8.37. The Labute approximate surface area is 206 Å². The minimum atomic E-state index is -0.666. The van der Waals surface area contributed by atoms with Crippen LogP contribution in [0.3, 0.4) is 0 Å². The van der Waals surface area contributed by atoms with Crippen molar-refractivity contribution < 1.29 is 14.3 Å². The van der Waals surface area contributed by atoms with Gasteiger partial charge >= 0.3 is 0 Å². The van der Waals surface area contributed by atoms with E-state index >= 15 is 0 Å². The lowest BCUT2D eigenvalue weighted by atomic mass is 10.0. The first kappa shape index (κ1) is 24.0. The molecule has 1 N–H and O–H groups in total. The van der Waals surface area contributed by atoms with Crippen molar-refractivity contribution in [3.8, 4) is 5.75 Å². The van der Waals surface area contributed by atoms with E-state index in [1.54, 1.807) is 4.90 Å². The fraction of sp³-hybridized carbons (Fsp3) is 0.200. The van der Waals surface area contributed by atoms with Gasteiger partial charge in [-0.05, 0) is 29.5 Å². The Kier molecular flexibility index (Phi) is 8.12. The summed E-state index contributed by atoms with van der Waals surface area (Å²) in [4.78, 5) is 28.4. The summed E-state index contributed by atoms with van der Waals surface area (Å²) in [6.45, 7) is 2.52. The maximum Gasteiger partial charge on any atom is 0.261 e. The summed E-state index contributed by atoms with van der Waals surface area (Å²) in [5.74, 6) is 0.230. The molecule has 4 aromatic carbocycles. The van der Waals surface area contributed by atoms with Gasteiger partial charge in [0.1, 0.15) is 11.8 Å². The topological polar surface area (TPSA) is 58.6 Å². The number of fused-ring (bicyclic) bond motifs is 1. The van der Waals surface area contributed by atoms with Gasteiger partial charge in [-0.15, -0.1) is 0 Å². The Morgan fingerprint density at radius 2 is 1.43 bits per heavy atom. The van der Waals surface area contributed by atoms with Crippen LogP contribution >= 0.6 is 0 Å². The van der Waals surface area contributed by atoms with Gasteiger partial charge in [0.15, 0.2) is 6.61 Å². The molecule has 5 heteroatoms. The highest BCUT2D eigenvalue weighted by Gasteiger charge is 2.30. The molecule has 0 aliphatic carbocycles. The van der Waals surface area contributed by atoms with E-state index in [1.807, 2.05) is 110 Å². The van der Waals surface area contributed by atoms with Crippen LogP contribution in [0.25, 0.3) is 10.8 Å². The molecule has 1 unspecified atom stereocenters. The first-order valence-electron chi connectivity index (χ1n) is 11.9. The number of nitrogens with zero attached hydrogens (tertiary/aromatic N) is 1.